The lowest BCUT2D eigenvalue weighted by atomic mass is 10.0. The van der Waals surface area contributed by atoms with Gasteiger partial charge in [-0.3, -0.25) is 0 Å². The van der Waals surface area contributed by atoms with Crippen molar-refractivity contribution < 1.29 is 4.52 Å². The van der Waals surface area contributed by atoms with Gasteiger partial charge in [0, 0.05) is 13.0 Å². The summed E-state index contributed by atoms with van der Waals surface area (Å²) in [5.74, 6) is 1.33. The van der Waals surface area contributed by atoms with Crippen LogP contribution in [0.15, 0.2) is 34.9 Å². The molecule has 0 radical (unpaired) electrons. The molecule has 4 heteroatoms. The lowest BCUT2D eigenvalue weighted by Crippen LogP contribution is -2.30. The number of aromatic nitrogens is 2. The second-order valence-corrected chi connectivity index (χ2v) is 4.74. The van der Waals surface area contributed by atoms with Gasteiger partial charge in [0.15, 0.2) is 5.82 Å². The van der Waals surface area contributed by atoms with Crippen molar-refractivity contribution in [1.29, 1.82) is 0 Å². The van der Waals surface area contributed by atoms with E-state index in [2.05, 4.69) is 41.4 Å². The lowest BCUT2D eigenvalue weighted by Gasteiger charge is -2.18. The minimum atomic E-state index is 0.0878. The summed E-state index contributed by atoms with van der Waals surface area (Å²) in [5, 5.41) is 7.49. The standard InChI is InChI=1S/C14H19N3O/c1-10(2)15-13(14-16-11(3)18-17-14)9-12-7-5-4-6-8-12/h4-8,10,13,15H,9H2,1-3H3. The van der Waals surface area contributed by atoms with E-state index in [1.165, 1.54) is 5.56 Å². The van der Waals surface area contributed by atoms with Gasteiger partial charge in [-0.1, -0.05) is 49.3 Å². The number of rotatable bonds is 5. The molecule has 0 aliphatic rings. The molecule has 0 bridgehead atoms. The third-order valence-corrected chi connectivity index (χ3v) is 2.67. The average molecular weight is 245 g/mol. The highest BCUT2D eigenvalue weighted by atomic mass is 16.5. The maximum atomic E-state index is 5.06. The van der Waals surface area contributed by atoms with Gasteiger partial charge in [-0.2, -0.15) is 4.98 Å². The fraction of sp³-hybridized carbons (Fsp3) is 0.429. The van der Waals surface area contributed by atoms with Gasteiger partial charge in [0.1, 0.15) is 0 Å². The number of hydrogen-bond donors (Lipinski definition) is 1. The summed E-state index contributed by atoms with van der Waals surface area (Å²) in [6.07, 6.45) is 0.859. The number of benzene rings is 1. The van der Waals surface area contributed by atoms with E-state index in [0.29, 0.717) is 11.9 Å². The summed E-state index contributed by atoms with van der Waals surface area (Å²) < 4.78 is 5.06. The van der Waals surface area contributed by atoms with E-state index >= 15 is 0 Å². The molecule has 18 heavy (non-hydrogen) atoms. The Labute approximate surface area is 107 Å². The molecule has 0 aliphatic carbocycles. The maximum Gasteiger partial charge on any atom is 0.223 e. The van der Waals surface area contributed by atoms with E-state index in [4.69, 9.17) is 4.52 Å². The third-order valence-electron chi connectivity index (χ3n) is 2.67. The zero-order valence-electron chi connectivity index (χ0n) is 11.1. The molecule has 1 N–H and O–H groups in total. The van der Waals surface area contributed by atoms with E-state index in [0.717, 1.165) is 12.2 Å². The van der Waals surface area contributed by atoms with Crippen LogP contribution in [0.3, 0.4) is 0 Å². The second-order valence-electron chi connectivity index (χ2n) is 4.74. The number of aryl methyl sites for hydroxylation is 1. The van der Waals surface area contributed by atoms with Crippen molar-refractivity contribution in [3.05, 3.63) is 47.6 Å². The topological polar surface area (TPSA) is 51.0 Å². The highest BCUT2D eigenvalue weighted by Gasteiger charge is 2.18. The highest BCUT2D eigenvalue weighted by molar-refractivity contribution is 5.17. The first kappa shape index (κ1) is 12.8. The van der Waals surface area contributed by atoms with Crippen molar-refractivity contribution in [3.63, 3.8) is 0 Å². The molecule has 96 valence electrons. The van der Waals surface area contributed by atoms with Crippen molar-refractivity contribution in [1.82, 2.24) is 15.5 Å². The molecule has 2 aromatic rings. The summed E-state index contributed by atoms with van der Waals surface area (Å²) in [6, 6.07) is 10.8. The van der Waals surface area contributed by atoms with Gasteiger partial charge in [-0.15, -0.1) is 0 Å². The van der Waals surface area contributed by atoms with Crippen molar-refractivity contribution >= 4 is 0 Å². The van der Waals surface area contributed by atoms with Crippen LogP contribution in [0, 0.1) is 6.92 Å². The molecular formula is C14H19N3O. The van der Waals surface area contributed by atoms with Crippen molar-refractivity contribution in [2.45, 2.75) is 39.3 Å². The molecule has 0 aliphatic heterocycles. The first-order valence-corrected chi connectivity index (χ1v) is 6.25. The van der Waals surface area contributed by atoms with Gasteiger partial charge in [0.05, 0.1) is 6.04 Å². The van der Waals surface area contributed by atoms with Gasteiger partial charge in [-0.05, 0) is 12.0 Å². The van der Waals surface area contributed by atoms with Gasteiger partial charge < -0.3 is 9.84 Å². The van der Waals surface area contributed by atoms with Gasteiger partial charge in [0.25, 0.3) is 0 Å². The Balaban J connectivity index is 2.15. The number of nitrogens with one attached hydrogen (secondary N) is 1. The molecule has 0 fully saturated rings. The van der Waals surface area contributed by atoms with E-state index in [1.807, 2.05) is 25.1 Å². The average Bonchev–Trinajstić information content (AvgIpc) is 2.76. The van der Waals surface area contributed by atoms with Crippen LogP contribution in [0.2, 0.25) is 0 Å². The van der Waals surface area contributed by atoms with Crippen molar-refractivity contribution in [2.75, 3.05) is 0 Å². The van der Waals surface area contributed by atoms with Gasteiger partial charge in [0.2, 0.25) is 5.89 Å². The van der Waals surface area contributed by atoms with Gasteiger partial charge in [-0.25, -0.2) is 0 Å². The Morgan fingerprint density at radius 3 is 2.50 bits per heavy atom. The van der Waals surface area contributed by atoms with E-state index in [-0.39, 0.29) is 6.04 Å². The molecule has 1 atom stereocenters. The maximum absolute atomic E-state index is 5.06. The van der Waals surface area contributed by atoms with Crippen LogP contribution in [0.4, 0.5) is 0 Å². The molecule has 2 rings (SSSR count). The highest BCUT2D eigenvalue weighted by Crippen LogP contribution is 2.16. The summed E-state index contributed by atoms with van der Waals surface area (Å²) in [4.78, 5) is 4.32. The van der Waals surface area contributed by atoms with Crippen LogP contribution in [0.5, 0.6) is 0 Å². The summed E-state index contributed by atoms with van der Waals surface area (Å²) in [7, 11) is 0. The normalized spacial score (nSPS) is 12.9. The summed E-state index contributed by atoms with van der Waals surface area (Å²) in [5.41, 5.74) is 1.26. The Hall–Kier alpha value is -1.68. The smallest absolute Gasteiger partial charge is 0.223 e. The van der Waals surface area contributed by atoms with E-state index in [1.54, 1.807) is 0 Å². The van der Waals surface area contributed by atoms with Crippen LogP contribution >= 0.6 is 0 Å². The molecule has 4 nitrogen and oxygen atoms in total. The monoisotopic (exact) mass is 245 g/mol. The predicted octanol–water partition coefficient (Wildman–Crippen LogP) is 2.66. The molecule has 1 unspecified atom stereocenters. The number of hydrogen-bond acceptors (Lipinski definition) is 4. The van der Waals surface area contributed by atoms with Crippen LogP contribution in [0.1, 0.15) is 37.2 Å². The minimum Gasteiger partial charge on any atom is -0.340 e. The molecule has 1 aromatic heterocycles. The SMILES string of the molecule is Cc1nc(C(Cc2ccccc2)NC(C)C)no1. The van der Waals surface area contributed by atoms with Crippen molar-refractivity contribution in [3.8, 4) is 0 Å². The molecule has 1 heterocycles. The molecule has 0 amide bonds. The van der Waals surface area contributed by atoms with Crippen LogP contribution in [0.25, 0.3) is 0 Å². The Bertz CT molecular complexity index is 479. The zero-order chi connectivity index (χ0) is 13.0. The zero-order valence-corrected chi connectivity index (χ0v) is 11.1. The minimum absolute atomic E-state index is 0.0878. The molecule has 0 saturated heterocycles. The number of nitrogens with zero attached hydrogens (tertiary/aromatic N) is 2. The fourth-order valence-corrected chi connectivity index (χ4v) is 1.93. The van der Waals surface area contributed by atoms with E-state index < -0.39 is 0 Å². The second kappa shape index (κ2) is 5.78. The van der Waals surface area contributed by atoms with E-state index in [9.17, 15) is 0 Å². The van der Waals surface area contributed by atoms with Gasteiger partial charge >= 0.3 is 0 Å². The molecule has 0 spiro atoms. The third kappa shape index (κ3) is 3.40. The first-order chi connectivity index (χ1) is 8.65. The largest absolute Gasteiger partial charge is 0.340 e. The summed E-state index contributed by atoms with van der Waals surface area (Å²) >= 11 is 0. The van der Waals surface area contributed by atoms with Crippen LogP contribution in [-0.4, -0.2) is 16.2 Å². The summed E-state index contributed by atoms with van der Waals surface area (Å²) in [6.45, 7) is 6.04. The first-order valence-electron chi connectivity index (χ1n) is 6.25. The predicted molar refractivity (Wildman–Crippen MR) is 70.2 cm³/mol. The molecule has 1 aromatic carbocycles. The molecular weight excluding hydrogens is 226 g/mol. The Morgan fingerprint density at radius 2 is 1.94 bits per heavy atom. The molecule has 0 saturated carbocycles. The Morgan fingerprint density at radius 1 is 1.22 bits per heavy atom. The fourth-order valence-electron chi connectivity index (χ4n) is 1.93. The van der Waals surface area contributed by atoms with Crippen molar-refractivity contribution in [2.24, 2.45) is 0 Å². The quantitative estimate of drug-likeness (QED) is 0.879. The van der Waals surface area contributed by atoms with Crippen LogP contribution < -0.4 is 5.32 Å². The lowest BCUT2D eigenvalue weighted by molar-refractivity contribution is 0.371. The van der Waals surface area contributed by atoms with Crippen LogP contribution in [-0.2, 0) is 6.42 Å². The Kier molecular flexibility index (Phi) is 4.10.